The fourth-order valence-electron chi connectivity index (χ4n) is 3.34. The SMILES string of the molecule is CCNC(=NCc1csc(CC)n1)NC1CCN(Cc2ccc(F)cc2)CC1. The molecule has 1 aromatic heterocycles. The second-order valence-electron chi connectivity index (χ2n) is 7.10. The fourth-order valence-corrected chi connectivity index (χ4v) is 4.08. The summed E-state index contributed by atoms with van der Waals surface area (Å²) in [6, 6.07) is 7.24. The number of aromatic nitrogens is 1. The normalized spacial score (nSPS) is 16.3. The van der Waals surface area contributed by atoms with Crippen LogP contribution in [0, 0.1) is 5.82 Å². The van der Waals surface area contributed by atoms with E-state index in [4.69, 9.17) is 4.99 Å². The molecule has 0 atom stereocenters. The number of halogens is 1. The maximum atomic E-state index is 13.0. The molecule has 1 saturated heterocycles. The van der Waals surface area contributed by atoms with Gasteiger partial charge in [-0.3, -0.25) is 4.90 Å². The molecule has 1 aliphatic heterocycles. The Morgan fingerprint density at radius 2 is 2.00 bits per heavy atom. The molecule has 0 spiro atoms. The minimum Gasteiger partial charge on any atom is -0.357 e. The quantitative estimate of drug-likeness (QED) is 0.548. The summed E-state index contributed by atoms with van der Waals surface area (Å²) in [4.78, 5) is 11.7. The number of nitrogens with one attached hydrogen (secondary N) is 2. The molecule has 2 N–H and O–H groups in total. The molecule has 2 aromatic rings. The van der Waals surface area contributed by atoms with Crippen LogP contribution in [0.25, 0.3) is 0 Å². The highest BCUT2D eigenvalue weighted by atomic mass is 32.1. The number of likely N-dealkylation sites (tertiary alicyclic amines) is 1. The number of aryl methyl sites for hydroxylation is 1. The largest absolute Gasteiger partial charge is 0.357 e. The summed E-state index contributed by atoms with van der Waals surface area (Å²) in [5, 5.41) is 10.2. The number of piperidine rings is 1. The van der Waals surface area contributed by atoms with Gasteiger partial charge in [-0.05, 0) is 43.9 Å². The number of hydrogen-bond donors (Lipinski definition) is 2. The van der Waals surface area contributed by atoms with E-state index < -0.39 is 0 Å². The predicted molar refractivity (Wildman–Crippen MR) is 114 cm³/mol. The molecule has 1 aromatic carbocycles. The van der Waals surface area contributed by atoms with Gasteiger partial charge >= 0.3 is 0 Å². The van der Waals surface area contributed by atoms with Crippen LogP contribution in [0.4, 0.5) is 4.39 Å². The molecule has 0 amide bonds. The Kier molecular flexibility index (Phi) is 7.80. The average molecular weight is 404 g/mol. The second kappa shape index (κ2) is 10.5. The van der Waals surface area contributed by atoms with Gasteiger partial charge in [-0.15, -0.1) is 11.3 Å². The molecule has 28 heavy (non-hydrogen) atoms. The van der Waals surface area contributed by atoms with E-state index in [1.807, 2.05) is 12.1 Å². The van der Waals surface area contributed by atoms with E-state index >= 15 is 0 Å². The van der Waals surface area contributed by atoms with Gasteiger partial charge in [0.2, 0.25) is 0 Å². The maximum absolute atomic E-state index is 13.0. The van der Waals surface area contributed by atoms with E-state index in [1.54, 1.807) is 11.3 Å². The van der Waals surface area contributed by atoms with Gasteiger partial charge in [0.15, 0.2) is 5.96 Å². The van der Waals surface area contributed by atoms with Gasteiger partial charge in [0.05, 0.1) is 17.2 Å². The first-order valence-corrected chi connectivity index (χ1v) is 11.0. The zero-order valence-electron chi connectivity index (χ0n) is 16.7. The molecule has 7 heteroatoms. The van der Waals surface area contributed by atoms with Gasteiger partial charge in [-0.1, -0.05) is 19.1 Å². The van der Waals surface area contributed by atoms with Crippen molar-refractivity contribution < 1.29 is 4.39 Å². The van der Waals surface area contributed by atoms with E-state index in [2.05, 4.69) is 39.7 Å². The van der Waals surface area contributed by atoms with Crippen LogP contribution in [0.5, 0.6) is 0 Å². The van der Waals surface area contributed by atoms with E-state index in [1.165, 1.54) is 12.1 Å². The van der Waals surface area contributed by atoms with E-state index in [-0.39, 0.29) is 5.82 Å². The predicted octanol–water partition coefficient (Wildman–Crippen LogP) is 3.56. The summed E-state index contributed by atoms with van der Waals surface area (Å²) in [5.41, 5.74) is 2.20. The lowest BCUT2D eigenvalue weighted by atomic mass is 10.0. The first-order valence-electron chi connectivity index (χ1n) is 10.1. The van der Waals surface area contributed by atoms with Crippen molar-refractivity contribution in [3.63, 3.8) is 0 Å². The number of aliphatic imine (C=N–C) groups is 1. The summed E-state index contributed by atoms with van der Waals surface area (Å²) in [6.45, 7) is 8.59. The fraction of sp³-hybridized carbons (Fsp3) is 0.524. The lowest BCUT2D eigenvalue weighted by molar-refractivity contribution is 0.198. The second-order valence-corrected chi connectivity index (χ2v) is 8.05. The van der Waals surface area contributed by atoms with Crippen molar-refractivity contribution in [3.8, 4) is 0 Å². The highest BCUT2D eigenvalue weighted by Crippen LogP contribution is 2.15. The van der Waals surface area contributed by atoms with Gasteiger partial charge < -0.3 is 10.6 Å². The van der Waals surface area contributed by atoms with Crippen LogP contribution >= 0.6 is 11.3 Å². The van der Waals surface area contributed by atoms with Crippen LogP contribution in [0.1, 0.15) is 43.0 Å². The summed E-state index contributed by atoms with van der Waals surface area (Å²) in [5.74, 6) is 0.691. The Labute approximate surface area is 171 Å². The Hall–Kier alpha value is -1.99. The van der Waals surface area contributed by atoms with Crippen LogP contribution in [0.3, 0.4) is 0 Å². The molecule has 0 unspecified atom stereocenters. The van der Waals surface area contributed by atoms with E-state index in [9.17, 15) is 4.39 Å². The summed E-state index contributed by atoms with van der Waals surface area (Å²) in [7, 11) is 0. The van der Waals surface area contributed by atoms with Gasteiger partial charge in [0.25, 0.3) is 0 Å². The molecule has 2 heterocycles. The van der Waals surface area contributed by atoms with Gasteiger partial charge in [-0.2, -0.15) is 0 Å². The van der Waals surface area contributed by atoms with Crippen molar-refractivity contribution in [2.45, 2.75) is 52.2 Å². The third kappa shape index (κ3) is 6.27. The Balaban J connectivity index is 1.47. The Morgan fingerprint density at radius 1 is 1.25 bits per heavy atom. The molecule has 5 nitrogen and oxygen atoms in total. The zero-order valence-corrected chi connectivity index (χ0v) is 17.6. The summed E-state index contributed by atoms with van der Waals surface area (Å²) in [6.07, 6.45) is 3.12. The van der Waals surface area contributed by atoms with Crippen LogP contribution in [-0.2, 0) is 19.5 Å². The highest BCUT2D eigenvalue weighted by molar-refractivity contribution is 7.09. The smallest absolute Gasteiger partial charge is 0.191 e. The third-order valence-corrected chi connectivity index (χ3v) is 5.93. The van der Waals surface area contributed by atoms with Gasteiger partial charge in [0.1, 0.15) is 5.82 Å². The number of nitrogens with zero attached hydrogens (tertiary/aromatic N) is 3. The van der Waals surface area contributed by atoms with Crippen molar-refractivity contribution in [2.75, 3.05) is 19.6 Å². The van der Waals surface area contributed by atoms with Crippen LogP contribution in [0.15, 0.2) is 34.6 Å². The first-order chi connectivity index (χ1) is 13.7. The summed E-state index contributed by atoms with van der Waals surface area (Å²) >= 11 is 1.70. The van der Waals surface area contributed by atoms with E-state index in [0.717, 1.165) is 67.7 Å². The molecule has 0 aliphatic carbocycles. The minimum absolute atomic E-state index is 0.175. The standard InChI is InChI=1S/C21H30FN5S/c1-3-20-25-19(15-28-20)13-24-21(23-4-2)26-18-9-11-27(12-10-18)14-16-5-7-17(22)8-6-16/h5-8,15,18H,3-4,9-14H2,1-2H3,(H2,23,24,26). The molecular weight excluding hydrogens is 373 g/mol. The monoisotopic (exact) mass is 403 g/mol. The van der Waals surface area contributed by atoms with Crippen molar-refractivity contribution in [3.05, 3.63) is 51.7 Å². The van der Waals surface area contributed by atoms with E-state index in [0.29, 0.717) is 12.6 Å². The minimum atomic E-state index is -0.175. The molecule has 0 bridgehead atoms. The molecule has 0 saturated carbocycles. The van der Waals surface area contributed by atoms with Crippen molar-refractivity contribution in [2.24, 2.45) is 4.99 Å². The first kappa shape index (κ1) is 20.7. The average Bonchev–Trinajstić information content (AvgIpc) is 3.18. The number of thiazole rings is 1. The van der Waals surface area contributed by atoms with Crippen molar-refractivity contribution in [1.82, 2.24) is 20.5 Å². The Morgan fingerprint density at radius 3 is 2.64 bits per heavy atom. The zero-order chi connectivity index (χ0) is 19.8. The molecule has 3 rings (SSSR count). The lowest BCUT2D eigenvalue weighted by Crippen LogP contribution is -2.48. The molecular formula is C21H30FN5S. The topological polar surface area (TPSA) is 52.6 Å². The lowest BCUT2D eigenvalue weighted by Gasteiger charge is -2.33. The Bertz CT molecular complexity index is 750. The van der Waals surface area contributed by atoms with Gasteiger partial charge in [-0.25, -0.2) is 14.4 Å². The van der Waals surface area contributed by atoms with Crippen molar-refractivity contribution in [1.29, 1.82) is 0 Å². The number of benzene rings is 1. The van der Waals surface area contributed by atoms with Crippen LogP contribution in [-0.4, -0.2) is 41.5 Å². The van der Waals surface area contributed by atoms with Crippen LogP contribution in [0.2, 0.25) is 0 Å². The molecule has 152 valence electrons. The number of hydrogen-bond acceptors (Lipinski definition) is 4. The number of guanidine groups is 1. The maximum Gasteiger partial charge on any atom is 0.191 e. The summed E-state index contributed by atoms with van der Waals surface area (Å²) < 4.78 is 13.0. The third-order valence-electron chi connectivity index (χ3n) is 4.89. The highest BCUT2D eigenvalue weighted by Gasteiger charge is 2.20. The van der Waals surface area contributed by atoms with Crippen LogP contribution < -0.4 is 10.6 Å². The molecule has 1 aliphatic rings. The van der Waals surface area contributed by atoms with Gasteiger partial charge in [0, 0.05) is 37.6 Å². The number of rotatable bonds is 7. The molecule has 1 fully saturated rings. The van der Waals surface area contributed by atoms with Crippen molar-refractivity contribution >= 4 is 17.3 Å². The molecule has 0 radical (unpaired) electrons.